The van der Waals surface area contributed by atoms with Gasteiger partial charge in [-0.25, -0.2) is 9.59 Å². The molecular formula is C35H42O5. The number of ether oxygens (including phenoxy) is 2. The topological polar surface area (TPSA) is 69.7 Å². The molecule has 5 heteroatoms. The quantitative estimate of drug-likeness (QED) is 0.371. The van der Waals surface area contributed by atoms with Crippen LogP contribution in [0.15, 0.2) is 60.7 Å². The van der Waals surface area contributed by atoms with Crippen LogP contribution in [0.25, 0.3) is 0 Å². The van der Waals surface area contributed by atoms with Gasteiger partial charge in [0.2, 0.25) is 0 Å². The Morgan fingerprint density at radius 3 is 1.90 bits per heavy atom. The molecule has 0 unspecified atom stereocenters. The average molecular weight is 543 g/mol. The van der Waals surface area contributed by atoms with E-state index in [-0.39, 0.29) is 46.8 Å². The zero-order valence-corrected chi connectivity index (χ0v) is 24.0. The fraction of sp³-hybridized carbons (Fsp3) is 0.571. The van der Waals surface area contributed by atoms with Crippen molar-refractivity contribution >= 4 is 17.7 Å². The van der Waals surface area contributed by atoms with Crippen molar-refractivity contribution in [2.45, 2.75) is 84.3 Å². The van der Waals surface area contributed by atoms with Gasteiger partial charge in [0.05, 0.1) is 11.1 Å². The minimum absolute atomic E-state index is 0.0317. The molecule has 212 valence electrons. The van der Waals surface area contributed by atoms with Crippen LogP contribution < -0.4 is 0 Å². The van der Waals surface area contributed by atoms with E-state index >= 15 is 0 Å². The molecule has 0 radical (unpaired) electrons. The molecule has 0 aliphatic heterocycles. The highest BCUT2D eigenvalue weighted by Crippen LogP contribution is 2.68. The van der Waals surface area contributed by atoms with E-state index in [1.165, 1.54) is 0 Å². The monoisotopic (exact) mass is 542 g/mol. The third kappa shape index (κ3) is 4.59. The van der Waals surface area contributed by atoms with E-state index in [0.717, 1.165) is 51.4 Å². The molecule has 6 rings (SSSR count). The van der Waals surface area contributed by atoms with Crippen LogP contribution >= 0.6 is 0 Å². The van der Waals surface area contributed by atoms with E-state index in [2.05, 4.69) is 13.8 Å². The van der Waals surface area contributed by atoms with Crippen molar-refractivity contribution in [3.8, 4) is 0 Å². The van der Waals surface area contributed by atoms with Gasteiger partial charge in [0.1, 0.15) is 18.0 Å². The molecule has 0 heterocycles. The zero-order valence-electron chi connectivity index (χ0n) is 24.0. The van der Waals surface area contributed by atoms with E-state index in [1.54, 1.807) is 19.1 Å². The number of ketones is 1. The Labute approximate surface area is 238 Å². The van der Waals surface area contributed by atoms with Crippen molar-refractivity contribution in [1.82, 2.24) is 0 Å². The molecule has 40 heavy (non-hydrogen) atoms. The first-order valence-electron chi connectivity index (χ1n) is 15.2. The molecule has 0 amide bonds. The minimum atomic E-state index is -0.260. The molecule has 4 aliphatic carbocycles. The van der Waals surface area contributed by atoms with E-state index in [9.17, 15) is 14.4 Å². The summed E-state index contributed by atoms with van der Waals surface area (Å²) in [5, 5.41) is 0. The van der Waals surface area contributed by atoms with Gasteiger partial charge in [-0.05, 0) is 111 Å². The third-order valence-corrected chi connectivity index (χ3v) is 11.7. The molecule has 5 nitrogen and oxygen atoms in total. The highest BCUT2D eigenvalue weighted by molar-refractivity contribution is 5.90. The molecule has 9 atom stereocenters. The first-order chi connectivity index (χ1) is 19.2. The molecule has 0 aromatic heterocycles. The van der Waals surface area contributed by atoms with Crippen molar-refractivity contribution in [3.05, 3.63) is 71.8 Å². The summed E-state index contributed by atoms with van der Waals surface area (Å²) in [6.45, 7) is 6.53. The molecule has 4 aliphatic rings. The largest absolute Gasteiger partial charge is 0.459 e. The van der Waals surface area contributed by atoms with Crippen molar-refractivity contribution in [2.24, 2.45) is 40.4 Å². The summed E-state index contributed by atoms with van der Waals surface area (Å²) in [6, 6.07) is 18.5. The van der Waals surface area contributed by atoms with Gasteiger partial charge in [-0.15, -0.1) is 0 Å². The Hall–Kier alpha value is -2.95. The molecular weight excluding hydrogens is 500 g/mol. The summed E-state index contributed by atoms with van der Waals surface area (Å²) in [5.74, 6) is 1.24. The van der Waals surface area contributed by atoms with Gasteiger partial charge >= 0.3 is 11.9 Å². The lowest BCUT2D eigenvalue weighted by atomic mass is 9.44. The number of hydrogen-bond acceptors (Lipinski definition) is 5. The fourth-order valence-electron chi connectivity index (χ4n) is 9.63. The number of benzene rings is 2. The van der Waals surface area contributed by atoms with E-state index in [1.807, 2.05) is 48.5 Å². The van der Waals surface area contributed by atoms with Gasteiger partial charge in [-0.1, -0.05) is 50.2 Å². The summed E-state index contributed by atoms with van der Waals surface area (Å²) in [7, 11) is 0. The Morgan fingerprint density at radius 2 is 1.27 bits per heavy atom. The van der Waals surface area contributed by atoms with Gasteiger partial charge < -0.3 is 9.47 Å². The summed E-state index contributed by atoms with van der Waals surface area (Å²) < 4.78 is 12.5. The van der Waals surface area contributed by atoms with Gasteiger partial charge in [0.15, 0.2) is 0 Å². The number of rotatable bonds is 5. The predicted molar refractivity (Wildman–Crippen MR) is 153 cm³/mol. The van der Waals surface area contributed by atoms with Crippen molar-refractivity contribution in [3.63, 3.8) is 0 Å². The Morgan fingerprint density at radius 1 is 0.700 bits per heavy atom. The van der Waals surface area contributed by atoms with Crippen molar-refractivity contribution in [1.29, 1.82) is 0 Å². The third-order valence-electron chi connectivity index (χ3n) is 11.7. The first kappa shape index (κ1) is 27.2. The molecule has 2 aromatic rings. The van der Waals surface area contributed by atoms with Gasteiger partial charge in [0.25, 0.3) is 0 Å². The lowest BCUT2D eigenvalue weighted by Gasteiger charge is -2.62. The maximum absolute atomic E-state index is 13.4. The lowest BCUT2D eigenvalue weighted by Crippen LogP contribution is -2.59. The summed E-state index contributed by atoms with van der Waals surface area (Å²) >= 11 is 0. The number of esters is 2. The van der Waals surface area contributed by atoms with Crippen LogP contribution in [0.2, 0.25) is 0 Å². The maximum Gasteiger partial charge on any atom is 0.338 e. The molecule has 0 bridgehead atoms. The second-order valence-corrected chi connectivity index (χ2v) is 13.5. The molecule has 0 N–H and O–H groups in total. The van der Waals surface area contributed by atoms with Gasteiger partial charge in [-0.3, -0.25) is 4.79 Å². The van der Waals surface area contributed by atoms with Crippen LogP contribution in [0.5, 0.6) is 0 Å². The highest BCUT2D eigenvalue weighted by Gasteiger charge is 2.64. The number of fused-ring (bicyclic) bond motifs is 5. The van der Waals surface area contributed by atoms with Crippen LogP contribution in [0.1, 0.15) is 92.9 Å². The Kier molecular flexibility index (Phi) is 7.13. The van der Waals surface area contributed by atoms with Gasteiger partial charge in [0, 0.05) is 11.8 Å². The highest BCUT2D eigenvalue weighted by atomic mass is 16.5. The summed E-state index contributed by atoms with van der Waals surface area (Å²) in [5.41, 5.74) is 1.24. The standard InChI is InChI=1S/C35H42O5/c1-22(36)27-14-15-28-31-29(17-19-35(27,28)3)34(2)18-16-26(39-32(37)23-10-6-4-7-11-23)20-25(34)21-30(31)40-33(38)24-12-8-5-9-13-24/h4-13,25-31H,14-21H2,1-3H3/t25-,26+,27-,28+,29+,30-,31+,34+,35-/m1/s1. The Balaban J connectivity index is 1.28. The van der Waals surface area contributed by atoms with Crippen LogP contribution in [-0.2, 0) is 14.3 Å². The summed E-state index contributed by atoms with van der Waals surface area (Å²) in [4.78, 5) is 39.0. The number of hydrogen-bond donors (Lipinski definition) is 0. The minimum Gasteiger partial charge on any atom is -0.459 e. The molecule has 0 spiro atoms. The van der Waals surface area contributed by atoms with Crippen molar-refractivity contribution in [2.75, 3.05) is 0 Å². The van der Waals surface area contributed by atoms with Crippen LogP contribution in [0.3, 0.4) is 0 Å². The van der Waals surface area contributed by atoms with Crippen LogP contribution in [0.4, 0.5) is 0 Å². The predicted octanol–water partition coefficient (Wildman–Crippen LogP) is 7.30. The van der Waals surface area contributed by atoms with E-state index in [4.69, 9.17) is 9.47 Å². The normalized spacial score (nSPS) is 38.3. The molecule has 0 saturated heterocycles. The SMILES string of the molecule is CC(=O)[C@H]1CC[C@H]2[C@@H]3[C@H](OC(=O)c4ccccc4)C[C@H]4C[C@@H](OC(=O)c5ccccc5)CC[C@]4(C)[C@H]3CC[C@]12C. The smallest absolute Gasteiger partial charge is 0.338 e. The molecule has 2 aromatic carbocycles. The number of carbonyl (C=O) groups is 3. The number of Topliss-reactive ketones (excluding diaryl/α,β-unsaturated/α-hetero) is 1. The molecule has 4 saturated carbocycles. The van der Waals surface area contributed by atoms with E-state index in [0.29, 0.717) is 34.7 Å². The summed E-state index contributed by atoms with van der Waals surface area (Å²) in [6.07, 6.45) is 7.20. The van der Waals surface area contributed by atoms with Crippen LogP contribution in [-0.4, -0.2) is 29.9 Å². The first-order valence-corrected chi connectivity index (χ1v) is 15.2. The van der Waals surface area contributed by atoms with Crippen molar-refractivity contribution < 1.29 is 23.9 Å². The molecule has 4 fully saturated rings. The van der Waals surface area contributed by atoms with Crippen LogP contribution in [0, 0.1) is 40.4 Å². The van der Waals surface area contributed by atoms with Gasteiger partial charge in [-0.2, -0.15) is 0 Å². The fourth-order valence-corrected chi connectivity index (χ4v) is 9.63. The second kappa shape index (κ2) is 10.5. The zero-order chi connectivity index (χ0) is 28.1. The lowest BCUT2D eigenvalue weighted by molar-refractivity contribution is -0.175. The Bertz CT molecular complexity index is 1260. The average Bonchev–Trinajstić information content (AvgIpc) is 3.32. The number of carbonyl (C=O) groups excluding carboxylic acids is 3. The maximum atomic E-state index is 13.4. The second-order valence-electron chi connectivity index (χ2n) is 13.5. The van der Waals surface area contributed by atoms with E-state index < -0.39 is 0 Å².